The minimum absolute atomic E-state index is 0.169. The van der Waals surface area contributed by atoms with Crippen LogP contribution in [0.2, 0.25) is 0 Å². The van der Waals surface area contributed by atoms with E-state index in [-0.39, 0.29) is 18.3 Å². The summed E-state index contributed by atoms with van der Waals surface area (Å²) in [5.74, 6) is 0.0102. The number of amides is 2. The zero-order valence-corrected chi connectivity index (χ0v) is 11.5. The first-order valence-corrected chi connectivity index (χ1v) is 6.35. The molecule has 108 valence electrons. The molecule has 2 rings (SSSR count). The molecular formula is C15H15N3O3. The van der Waals surface area contributed by atoms with Crippen LogP contribution in [0.25, 0.3) is 0 Å². The van der Waals surface area contributed by atoms with Gasteiger partial charge in [-0.1, -0.05) is 30.3 Å². The lowest BCUT2D eigenvalue weighted by Gasteiger charge is -2.10. The van der Waals surface area contributed by atoms with Gasteiger partial charge in [-0.25, -0.2) is 9.78 Å². The van der Waals surface area contributed by atoms with Crippen molar-refractivity contribution >= 4 is 23.5 Å². The van der Waals surface area contributed by atoms with Crippen LogP contribution in [-0.2, 0) is 16.1 Å². The van der Waals surface area contributed by atoms with E-state index in [4.69, 9.17) is 4.74 Å². The van der Waals surface area contributed by atoms with Crippen molar-refractivity contribution in [2.24, 2.45) is 0 Å². The molecule has 0 bridgehead atoms. The number of nitrogens with one attached hydrogen (secondary N) is 2. The Morgan fingerprint density at radius 3 is 2.57 bits per heavy atom. The van der Waals surface area contributed by atoms with Crippen LogP contribution in [0.4, 0.5) is 16.3 Å². The number of ether oxygens (including phenoxy) is 1. The maximum absolute atomic E-state index is 11.7. The SMILES string of the molecule is CC(=O)Nc1ncccc1NC(=O)OCc1ccccc1. The van der Waals surface area contributed by atoms with Crippen LogP contribution in [-0.4, -0.2) is 17.0 Å². The van der Waals surface area contributed by atoms with Crippen LogP contribution in [0.5, 0.6) is 0 Å². The average Bonchev–Trinajstić information content (AvgIpc) is 2.48. The first-order valence-electron chi connectivity index (χ1n) is 6.35. The molecule has 0 spiro atoms. The van der Waals surface area contributed by atoms with E-state index in [1.54, 1.807) is 12.1 Å². The Hall–Kier alpha value is -2.89. The lowest BCUT2D eigenvalue weighted by Crippen LogP contribution is -2.16. The molecule has 0 aliphatic rings. The number of carbonyl (C=O) groups excluding carboxylic acids is 2. The van der Waals surface area contributed by atoms with Gasteiger partial charge in [0.2, 0.25) is 5.91 Å². The number of rotatable bonds is 4. The highest BCUT2D eigenvalue weighted by Crippen LogP contribution is 2.18. The van der Waals surface area contributed by atoms with Gasteiger partial charge in [0.15, 0.2) is 5.82 Å². The maximum Gasteiger partial charge on any atom is 0.412 e. The number of anilines is 2. The molecule has 1 aromatic heterocycles. The second-order valence-electron chi connectivity index (χ2n) is 4.27. The van der Waals surface area contributed by atoms with Crippen LogP contribution >= 0.6 is 0 Å². The zero-order chi connectivity index (χ0) is 15.1. The van der Waals surface area contributed by atoms with Gasteiger partial charge in [-0.3, -0.25) is 10.1 Å². The second kappa shape index (κ2) is 7.04. The summed E-state index contributed by atoms with van der Waals surface area (Å²) in [6.07, 6.45) is 0.907. The maximum atomic E-state index is 11.7. The topological polar surface area (TPSA) is 80.3 Å². The van der Waals surface area contributed by atoms with Gasteiger partial charge in [-0.2, -0.15) is 0 Å². The Bertz CT molecular complexity index is 629. The molecule has 0 radical (unpaired) electrons. The average molecular weight is 285 g/mol. The predicted octanol–water partition coefficient (Wildman–Crippen LogP) is 2.79. The van der Waals surface area contributed by atoms with Crippen molar-refractivity contribution in [3.05, 3.63) is 54.2 Å². The second-order valence-corrected chi connectivity index (χ2v) is 4.27. The minimum atomic E-state index is -0.613. The van der Waals surface area contributed by atoms with Gasteiger partial charge in [0.05, 0.1) is 5.69 Å². The number of hydrogen-bond acceptors (Lipinski definition) is 4. The molecule has 0 atom stereocenters. The number of benzene rings is 1. The first-order chi connectivity index (χ1) is 10.1. The molecule has 1 aromatic carbocycles. The molecular weight excluding hydrogens is 270 g/mol. The normalized spacial score (nSPS) is 9.76. The predicted molar refractivity (Wildman–Crippen MR) is 78.8 cm³/mol. The Labute approximate surface area is 122 Å². The van der Waals surface area contributed by atoms with Crippen LogP contribution in [0.15, 0.2) is 48.7 Å². The smallest absolute Gasteiger partial charge is 0.412 e. The van der Waals surface area contributed by atoms with E-state index in [2.05, 4.69) is 15.6 Å². The summed E-state index contributed by atoms with van der Waals surface area (Å²) in [4.78, 5) is 26.8. The van der Waals surface area contributed by atoms with E-state index in [0.29, 0.717) is 5.69 Å². The molecule has 0 saturated heterocycles. The van der Waals surface area contributed by atoms with Gasteiger partial charge in [-0.05, 0) is 17.7 Å². The van der Waals surface area contributed by atoms with Crippen molar-refractivity contribution in [3.8, 4) is 0 Å². The highest BCUT2D eigenvalue weighted by atomic mass is 16.5. The summed E-state index contributed by atoms with van der Waals surface area (Å²) in [6, 6.07) is 12.6. The number of aromatic nitrogens is 1. The fourth-order valence-corrected chi connectivity index (χ4v) is 1.64. The van der Waals surface area contributed by atoms with E-state index in [1.807, 2.05) is 30.3 Å². The largest absolute Gasteiger partial charge is 0.444 e. The number of carbonyl (C=O) groups is 2. The molecule has 2 N–H and O–H groups in total. The van der Waals surface area contributed by atoms with Crippen molar-refractivity contribution in [3.63, 3.8) is 0 Å². The van der Waals surface area contributed by atoms with Crippen molar-refractivity contribution in [1.82, 2.24) is 4.98 Å². The Morgan fingerprint density at radius 2 is 1.86 bits per heavy atom. The fraction of sp³-hybridized carbons (Fsp3) is 0.133. The number of hydrogen-bond donors (Lipinski definition) is 2. The Kier molecular flexibility index (Phi) is 4.87. The van der Waals surface area contributed by atoms with Crippen LogP contribution in [0, 0.1) is 0 Å². The summed E-state index contributed by atoms with van der Waals surface area (Å²) in [7, 11) is 0. The fourth-order valence-electron chi connectivity index (χ4n) is 1.64. The van der Waals surface area contributed by atoms with Crippen molar-refractivity contribution < 1.29 is 14.3 Å². The van der Waals surface area contributed by atoms with E-state index in [9.17, 15) is 9.59 Å². The van der Waals surface area contributed by atoms with Crippen molar-refractivity contribution in [2.75, 3.05) is 10.6 Å². The minimum Gasteiger partial charge on any atom is -0.444 e. The first kappa shape index (κ1) is 14.5. The summed E-state index contributed by atoms with van der Waals surface area (Å²) in [5, 5.41) is 5.08. The third-order valence-corrected chi connectivity index (χ3v) is 2.55. The molecule has 6 heteroatoms. The van der Waals surface area contributed by atoms with E-state index < -0.39 is 6.09 Å². The lowest BCUT2D eigenvalue weighted by atomic mass is 10.2. The van der Waals surface area contributed by atoms with Crippen molar-refractivity contribution in [2.45, 2.75) is 13.5 Å². The summed E-state index contributed by atoms with van der Waals surface area (Å²) >= 11 is 0. The van der Waals surface area contributed by atoms with Gasteiger partial charge in [0, 0.05) is 13.1 Å². The third kappa shape index (κ3) is 4.61. The molecule has 0 aliphatic carbocycles. The number of pyridine rings is 1. The zero-order valence-electron chi connectivity index (χ0n) is 11.5. The van der Waals surface area contributed by atoms with Gasteiger partial charge in [0.1, 0.15) is 6.61 Å². The van der Waals surface area contributed by atoms with Gasteiger partial charge in [-0.15, -0.1) is 0 Å². The highest BCUT2D eigenvalue weighted by Gasteiger charge is 2.09. The van der Waals surface area contributed by atoms with E-state index >= 15 is 0 Å². The molecule has 0 saturated carbocycles. The summed E-state index contributed by atoms with van der Waals surface area (Å²) < 4.78 is 5.10. The highest BCUT2D eigenvalue weighted by molar-refractivity contribution is 5.95. The standard InChI is InChI=1S/C15H15N3O3/c1-11(19)17-14-13(8-5-9-16-14)18-15(20)21-10-12-6-3-2-4-7-12/h2-9H,10H2,1H3,(H,18,20)(H,16,17,19). The Morgan fingerprint density at radius 1 is 1.10 bits per heavy atom. The van der Waals surface area contributed by atoms with Gasteiger partial charge >= 0.3 is 6.09 Å². The van der Waals surface area contributed by atoms with Crippen molar-refractivity contribution in [1.29, 1.82) is 0 Å². The molecule has 0 fully saturated rings. The Balaban J connectivity index is 1.95. The van der Waals surface area contributed by atoms with E-state index in [1.165, 1.54) is 13.1 Å². The molecule has 6 nitrogen and oxygen atoms in total. The van der Waals surface area contributed by atoms with E-state index in [0.717, 1.165) is 5.56 Å². The summed E-state index contributed by atoms with van der Waals surface area (Å²) in [6.45, 7) is 1.54. The third-order valence-electron chi connectivity index (χ3n) is 2.55. The lowest BCUT2D eigenvalue weighted by molar-refractivity contribution is -0.114. The van der Waals surface area contributed by atoms with Gasteiger partial charge in [0.25, 0.3) is 0 Å². The molecule has 0 aliphatic heterocycles. The quantitative estimate of drug-likeness (QED) is 0.905. The molecule has 21 heavy (non-hydrogen) atoms. The monoisotopic (exact) mass is 285 g/mol. The summed E-state index contributed by atoms with van der Waals surface area (Å²) in [5.41, 5.74) is 1.27. The van der Waals surface area contributed by atoms with Crippen LogP contribution in [0.1, 0.15) is 12.5 Å². The molecule has 1 heterocycles. The molecule has 2 aromatic rings. The molecule has 0 unspecified atom stereocenters. The van der Waals surface area contributed by atoms with Gasteiger partial charge < -0.3 is 10.1 Å². The number of nitrogens with zero attached hydrogens (tertiary/aromatic N) is 1. The van der Waals surface area contributed by atoms with Crippen LogP contribution in [0.3, 0.4) is 0 Å². The molecule has 2 amide bonds. The van der Waals surface area contributed by atoms with Crippen LogP contribution < -0.4 is 10.6 Å².